The smallest absolute Gasteiger partial charge is 0.363 e. The summed E-state index contributed by atoms with van der Waals surface area (Å²) in [5, 5.41) is 21.0. The molecule has 0 aliphatic heterocycles. The molecule has 0 heterocycles. The molecule has 0 aromatic carbocycles. The maximum absolute atomic E-state index is 11.7. The second kappa shape index (κ2) is 10.3. The van der Waals surface area contributed by atoms with Crippen molar-refractivity contribution < 1.29 is 28.7 Å². The number of hydrogen-bond acceptors (Lipinski definition) is 9. The Bertz CT molecular complexity index is 473. The van der Waals surface area contributed by atoms with Gasteiger partial charge in [-0.05, 0) is 6.42 Å². The van der Waals surface area contributed by atoms with Crippen LogP contribution in [0.2, 0.25) is 0 Å². The topological polar surface area (TPSA) is 141 Å². The van der Waals surface area contributed by atoms with Gasteiger partial charge in [-0.25, -0.2) is 9.59 Å². The predicted molar refractivity (Wildman–Crippen MR) is 74.9 cm³/mol. The number of carbonyl (C=O) groups is 2. The maximum Gasteiger partial charge on any atom is 0.363 e. The molecule has 0 amide bonds. The highest BCUT2D eigenvalue weighted by Gasteiger charge is 2.34. The van der Waals surface area contributed by atoms with E-state index in [9.17, 15) is 19.7 Å². The van der Waals surface area contributed by atoms with Gasteiger partial charge in [-0.2, -0.15) is 0 Å². The molecule has 0 aliphatic rings. The normalized spacial score (nSPS) is 11.2. The van der Waals surface area contributed by atoms with Crippen LogP contribution in [0.25, 0.3) is 0 Å². The van der Waals surface area contributed by atoms with Crippen molar-refractivity contribution >= 4 is 17.7 Å². The second-order valence-electron chi connectivity index (χ2n) is 3.88. The number of esters is 2. The van der Waals surface area contributed by atoms with Crippen LogP contribution in [0.15, 0.2) is 11.4 Å². The van der Waals surface area contributed by atoms with E-state index in [0.29, 0.717) is 6.61 Å². The highest BCUT2D eigenvalue weighted by Crippen LogP contribution is 2.08. The molecule has 0 radical (unpaired) electrons. The van der Waals surface area contributed by atoms with E-state index >= 15 is 0 Å². The summed E-state index contributed by atoms with van der Waals surface area (Å²) in [7, 11) is 2.00. The van der Waals surface area contributed by atoms with Crippen LogP contribution in [-0.2, 0) is 23.8 Å². The molecule has 0 unspecified atom stereocenters. The molecule has 0 aliphatic carbocycles. The molecule has 0 aromatic heterocycles. The Hall–Kier alpha value is -2.49. The first-order chi connectivity index (χ1) is 10.4. The lowest BCUT2D eigenvalue weighted by molar-refractivity contribution is -0.416. The molecule has 124 valence electrons. The van der Waals surface area contributed by atoms with Gasteiger partial charge in [0.1, 0.15) is 0 Å². The van der Waals surface area contributed by atoms with E-state index in [4.69, 9.17) is 10.1 Å². The minimum absolute atomic E-state index is 0.0657. The maximum atomic E-state index is 11.7. The first-order valence-corrected chi connectivity index (χ1v) is 6.36. The molecule has 0 fully saturated rings. The Balaban J connectivity index is 5.35. The average molecular weight is 317 g/mol. The number of methoxy groups -OCH3 is 2. The molecular formula is C12H19N3O7. The van der Waals surface area contributed by atoms with E-state index in [2.05, 4.69) is 14.8 Å². The molecule has 2 N–H and O–H groups in total. The van der Waals surface area contributed by atoms with Crippen LogP contribution in [0, 0.1) is 15.5 Å². The van der Waals surface area contributed by atoms with E-state index in [0.717, 1.165) is 20.6 Å². The predicted octanol–water partition coefficient (Wildman–Crippen LogP) is -0.143. The van der Waals surface area contributed by atoms with Crippen LogP contribution in [0.1, 0.15) is 13.3 Å². The number of nitro groups is 1. The number of ether oxygens (including phenoxy) is 3. The van der Waals surface area contributed by atoms with Gasteiger partial charge in [-0.1, -0.05) is 6.92 Å². The van der Waals surface area contributed by atoms with Gasteiger partial charge in [0.05, 0.1) is 25.7 Å². The standard InChI is InChI=1S/C12H19N3O7/c1-4-6-22-7-5-14-9(12(17)21-3)10(15(18)19)8(13)11(16)20-2/h13-14H,4-7H2,1-3H3/b10-9+,13-8?. The van der Waals surface area contributed by atoms with Crippen molar-refractivity contribution in [2.24, 2.45) is 0 Å². The van der Waals surface area contributed by atoms with Gasteiger partial charge in [0, 0.05) is 13.2 Å². The largest absolute Gasteiger partial charge is 0.464 e. The van der Waals surface area contributed by atoms with Gasteiger partial charge in [-0.15, -0.1) is 0 Å². The van der Waals surface area contributed by atoms with E-state index in [1.807, 2.05) is 6.92 Å². The van der Waals surface area contributed by atoms with Crippen molar-refractivity contribution in [1.82, 2.24) is 5.32 Å². The van der Waals surface area contributed by atoms with Crippen LogP contribution in [-0.4, -0.2) is 56.6 Å². The fourth-order valence-electron chi connectivity index (χ4n) is 1.36. The summed E-state index contributed by atoms with van der Waals surface area (Å²) in [6.07, 6.45) is 0.798. The number of carbonyl (C=O) groups excluding carboxylic acids is 2. The van der Waals surface area contributed by atoms with Gasteiger partial charge in [-0.3, -0.25) is 15.5 Å². The van der Waals surface area contributed by atoms with Crippen molar-refractivity contribution in [2.75, 3.05) is 34.0 Å². The Kier molecular flexibility index (Phi) is 9.11. The first-order valence-electron chi connectivity index (χ1n) is 6.36. The highest BCUT2D eigenvalue weighted by atomic mass is 16.6. The van der Waals surface area contributed by atoms with Gasteiger partial charge in [0.2, 0.25) is 11.4 Å². The third-order valence-corrected chi connectivity index (χ3v) is 2.33. The van der Waals surface area contributed by atoms with E-state index < -0.39 is 34.0 Å². The molecule has 0 rings (SSSR count). The Labute approximate surface area is 127 Å². The fraction of sp³-hybridized carbons (Fsp3) is 0.583. The molecule has 0 spiro atoms. The SMILES string of the molecule is CCCOCCN/C(C(=O)OC)=C(\C(=N)C(=O)OC)[N+](=O)[O-]. The molecule has 22 heavy (non-hydrogen) atoms. The van der Waals surface area contributed by atoms with Gasteiger partial charge >= 0.3 is 17.6 Å². The third kappa shape index (κ3) is 5.87. The first kappa shape index (κ1) is 19.5. The molecule has 0 saturated heterocycles. The molecular weight excluding hydrogens is 298 g/mol. The molecule has 10 nitrogen and oxygen atoms in total. The summed E-state index contributed by atoms with van der Waals surface area (Å²) >= 11 is 0. The minimum atomic E-state index is -1.24. The van der Waals surface area contributed by atoms with Crippen molar-refractivity contribution in [1.29, 1.82) is 5.41 Å². The number of rotatable bonds is 10. The summed E-state index contributed by atoms with van der Waals surface area (Å²) in [5.74, 6) is -2.31. The van der Waals surface area contributed by atoms with Crippen LogP contribution in [0.4, 0.5) is 0 Å². The molecule has 0 bridgehead atoms. The summed E-state index contributed by atoms with van der Waals surface area (Å²) in [5.41, 5.74) is -2.69. The van der Waals surface area contributed by atoms with E-state index in [1.165, 1.54) is 0 Å². The zero-order valence-electron chi connectivity index (χ0n) is 12.6. The van der Waals surface area contributed by atoms with Crippen LogP contribution in [0.5, 0.6) is 0 Å². The number of hydrogen-bond donors (Lipinski definition) is 2. The van der Waals surface area contributed by atoms with Crippen LogP contribution < -0.4 is 5.32 Å². The molecule has 0 atom stereocenters. The fourth-order valence-corrected chi connectivity index (χ4v) is 1.36. The monoisotopic (exact) mass is 317 g/mol. The molecule has 0 saturated carbocycles. The zero-order chi connectivity index (χ0) is 17.1. The Morgan fingerprint density at radius 3 is 2.23 bits per heavy atom. The summed E-state index contributed by atoms with van der Waals surface area (Å²) < 4.78 is 13.9. The number of nitrogens with one attached hydrogen (secondary N) is 2. The lowest BCUT2D eigenvalue weighted by Crippen LogP contribution is -2.33. The third-order valence-electron chi connectivity index (χ3n) is 2.33. The quantitative estimate of drug-likeness (QED) is 0.142. The van der Waals surface area contributed by atoms with Crippen molar-refractivity contribution in [3.8, 4) is 0 Å². The van der Waals surface area contributed by atoms with Crippen LogP contribution in [0.3, 0.4) is 0 Å². The molecule has 0 aromatic rings. The van der Waals surface area contributed by atoms with Gasteiger partial charge in [0.15, 0.2) is 0 Å². The van der Waals surface area contributed by atoms with E-state index in [1.54, 1.807) is 0 Å². The molecule has 10 heteroatoms. The summed E-state index contributed by atoms with van der Waals surface area (Å²) in [4.78, 5) is 33.0. The highest BCUT2D eigenvalue weighted by molar-refractivity contribution is 6.41. The van der Waals surface area contributed by atoms with Crippen molar-refractivity contribution in [2.45, 2.75) is 13.3 Å². The minimum Gasteiger partial charge on any atom is -0.464 e. The van der Waals surface area contributed by atoms with Crippen molar-refractivity contribution in [3.05, 3.63) is 21.5 Å². The lowest BCUT2D eigenvalue weighted by Gasteiger charge is -2.10. The zero-order valence-corrected chi connectivity index (χ0v) is 12.6. The average Bonchev–Trinajstić information content (AvgIpc) is 2.51. The number of nitrogens with zero attached hydrogens (tertiary/aromatic N) is 1. The van der Waals surface area contributed by atoms with Gasteiger partial charge < -0.3 is 19.5 Å². The Morgan fingerprint density at radius 2 is 1.77 bits per heavy atom. The van der Waals surface area contributed by atoms with Crippen molar-refractivity contribution in [3.63, 3.8) is 0 Å². The van der Waals surface area contributed by atoms with Gasteiger partial charge in [0.25, 0.3) is 0 Å². The second-order valence-corrected chi connectivity index (χ2v) is 3.88. The summed E-state index contributed by atoms with van der Waals surface area (Å²) in [6, 6.07) is 0. The van der Waals surface area contributed by atoms with Crippen LogP contribution >= 0.6 is 0 Å². The lowest BCUT2D eigenvalue weighted by atomic mass is 10.2. The van der Waals surface area contributed by atoms with E-state index in [-0.39, 0.29) is 13.2 Å². The Morgan fingerprint density at radius 1 is 1.18 bits per heavy atom. The summed E-state index contributed by atoms with van der Waals surface area (Å²) in [6.45, 7) is 2.66.